The molecule has 0 aromatic carbocycles. The van der Waals surface area contributed by atoms with Crippen molar-refractivity contribution in [1.29, 1.82) is 0 Å². The van der Waals surface area contributed by atoms with Gasteiger partial charge in [-0.2, -0.15) is 0 Å². The van der Waals surface area contributed by atoms with E-state index in [1.165, 1.54) is 12.8 Å². The summed E-state index contributed by atoms with van der Waals surface area (Å²) in [6, 6.07) is 0. The predicted octanol–water partition coefficient (Wildman–Crippen LogP) is 2.93. The highest BCUT2D eigenvalue weighted by Crippen LogP contribution is 2.17. The number of aryl methyl sites for hydroxylation is 1. The SMILES string of the molecule is CCCCNCCc1nc(C)nc(Cl)c1CC. The molecule has 0 radical (unpaired) electrons. The van der Waals surface area contributed by atoms with Gasteiger partial charge in [-0.1, -0.05) is 31.9 Å². The second-order valence-electron chi connectivity index (χ2n) is 4.19. The summed E-state index contributed by atoms with van der Waals surface area (Å²) in [6.45, 7) is 8.22. The first-order chi connectivity index (χ1) is 8.19. The lowest BCUT2D eigenvalue weighted by Crippen LogP contribution is -2.19. The minimum atomic E-state index is 0.614. The normalized spacial score (nSPS) is 10.8. The summed E-state index contributed by atoms with van der Waals surface area (Å²) in [5.41, 5.74) is 2.18. The van der Waals surface area contributed by atoms with Crippen molar-refractivity contribution in [3.05, 3.63) is 22.2 Å². The molecule has 0 unspecified atom stereocenters. The monoisotopic (exact) mass is 255 g/mol. The molecule has 0 atom stereocenters. The molecule has 0 spiro atoms. The van der Waals surface area contributed by atoms with Crippen molar-refractivity contribution in [3.8, 4) is 0 Å². The fraction of sp³-hybridized carbons (Fsp3) is 0.692. The summed E-state index contributed by atoms with van der Waals surface area (Å²) < 4.78 is 0. The van der Waals surface area contributed by atoms with Crippen LogP contribution < -0.4 is 5.32 Å². The van der Waals surface area contributed by atoms with Crippen molar-refractivity contribution < 1.29 is 0 Å². The second-order valence-corrected chi connectivity index (χ2v) is 4.55. The molecule has 0 amide bonds. The van der Waals surface area contributed by atoms with E-state index < -0.39 is 0 Å². The lowest BCUT2D eigenvalue weighted by molar-refractivity contribution is 0.633. The van der Waals surface area contributed by atoms with Crippen LogP contribution in [-0.4, -0.2) is 23.1 Å². The van der Waals surface area contributed by atoms with Crippen LogP contribution in [0.5, 0.6) is 0 Å². The van der Waals surface area contributed by atoms with Gasteiger partial charge in [-0.15, -0.1) is 0 Å². The molecule has 96 valence electrons. The Kier molecular flexibility index (Phi) is 6.45. The van der Waals surface area contributed by atoms with E-state index in [0.29, 0.717) is 5.15 Å². The van der Waals surface area contributed by atoms with Crippen LogP contribution in [0.2, 0.25) is 5.15 Å². The number of nitrogens with one attached hydrogen (secondary N) is 1. The maximum absolute atomic E-state index is 6.13. The van der Waals surface area contributed by atoms with Gasteiger partial charge in [0.15, 0.2) is 0 Å². The van der Waals surface area contributed by atoms with Crippen molar-refractivity contribution in [2.75, 3.05) is 13.1 Å². The van der Waals surface area contributed by atoms with Crippen LogP contribution in [0.25, 0.3) is 0 Å². The maximum atomic E-state index is 6.13. The number of nitrogens with zero attached hydrogens (tertiary/aromatic N) is 2. The Hall–Kier alpha value is -0.670. The number of aromatic nitrogens is 2. The van der Waals surface area contributed by atoms with Gasteiger partial charge >= 0.3 is 0 Å². The first-order valence-electron chi connectivity index (χ1n) is 6.41. The zero-order chi connectivity index (χ0) is 12.7. The Morgan fingerprint density at radius 1 is 1.18 bits per heavy atom. The first kappa shape index (κ1) is 14.4. The highest BCUT2D eigenvalue weighted by Gasteiger charge is 2.09. The van der Waals surface area contributed by atoms with E-state index in [0.717, 1.165) is 43.0 Å². The van der Waals surface area contributed by atoms with Gasteiger partial charge in [0.25, 0.3) is 0 Å². The number of halogens is 1. The van der Waals surface area contributed by atoms with Crippen molar-refractivity contribution in [2.45, 2.75) is 46.5 Å². The summed E-state index contributed by atoms with van der Waals surface area (Å²) in [6.07, 6.45) is 4.27. The average Bonchev–Trinajstić information content (AvgIpc) is 2.28. The minimum Gasteiger partial charge on any atom is -0.316 e. The molecule has 1 aromatic rings. The molecule has 0 aliphatic heterocycles. The van der Waals surface area contributed by atoms with Crippen molar-refractivity contribution in [3.63, 3.8) is 0 Å². The molecule has 0 bridgehead atoms. The third-order valence-corrected chi connectivity index (χ3v) is 3.07. The summed E-state index contributed by atoms with van der Waals surface area (Å²) in [5.74, 6) is 0.760. The van der Waals surface area contributed by atoms with E-state index in [-0.39, 0.29) is 0 Å². The molecule has 0 fully saturated rings. The van der Waals surface area contributed by atoms with Crippen LogP contribution in [-0.2, 0) is 12.8 Å². The molecule has 1 rings (SSSR count). The number of hydrogen-bond donors (Lipinski definition) is 1. The lowest BCUT2D eigenvalue weighted by Gasteiger charge is -2.10. The van der Waals surface area contributed by atoms with Crippen LogP contribution >= 0.6 is 11.6 Å². The zero-order valence-corrected chi connectivity index (χ0v) is 11.8. The van der Waals surface area contributed by atoms with Gasteiger partial charge in [0.05, 0.1) is 5.69 Å². The summed E-state index contributed by atoms with van der Waals surface area (Å²) >= 11 is 6.13. The number of hydrogen-bond acceptors (Lipinski definition) is 3. The molecule has 3 nitrogen and oxygen atoms in total. The third-order valence-electron chi connectivity index (χ3n) is 2.75. The van der Waals surface area contributed by atoms with E-state index >= 15 is 0 Å². The van der Waals surface area contributed by atoms with Crippen LogP contribution in [0.4, 0.5) is 0 Å². The van der Waals surface area contributed by atoms with Crippen LogP contribution in [0.1, 0.15) is 43.8 Å². The largest absolute Gasteiger partial charge is 0.316 e. The molecule has 0 saturated heterocycles. The van der Waals surface area contributed by atoms with Crippen molar-refractivity contribution in [2.24, 2.45) is 0 Å². The highest BCUT2D eigenvalue weighted by atomic mass is 35.5. The quantitative estimate of drug-likeness (QED) is 0.601. The number of unbranched alkanes of at least 4 members (excludes halogenated alkanes) is 1. The topological polar surface area (TPSA) is 37.8 Å². The molecule has 1 heterocycles. The van der Waals surface area contributed by atoms with E-state index in [1.807, 2.05) is 6.92 Å². The molecule has 17 heavy (non-hydrogen) atoms. The predicted molar refractivity (Wildman–Crippen MR) is 72.6 cm³/mol. The lowest BCUT2D eigenvalue weighted by atomic mass is 10.1. The summed E-state index contributed by atoms with van der Waals surface area (Å²) in [5, 5.41) is 4.04. The van der Waals surface area contributed by atoms with Gasteiger partial charge < -0.3 is 5.32 Å². The summed E-state index contributed by atoms with van der Waals surface area (Å²) in [4.78, 5) is 8.68. The van der Waals surface area contributed by atoms with Crippen LogP contribution in [0.15, 0.2) is 0 Å². The number of rotatable bonds is 7. The Bertz CT molecular complexity index is 353. The van der Waals surface area contributed by atoms with Crippen molar-refractivity contribution >= 4 is 11.6 Å². The van der Waals surface area contributed by atoms with Crippen molar-refractivity contribution in [1.82, 2.24) is 15.3 Å². The molecule has 0 saturated carbocycles. The van der Waals surface area contributed by atoms with Crippen LogP contribution in [0, 0.1) is 6.92 Å². The van der Waals surface area contributed by atoms with Gasteiger partial charge in [-0.05, 0) is 26.3 Å². The molecular formula is C13H22ClN3. The Balaban J connectivity index is 2.57. The fourth-order valence-electron chi connectivity index (χ4n) is 1.81. The Labute approximate surface area is 109 Å². The van der Waals surface area contributed by atoms with Gasteiger partial charge in [-0.25, -0.2) is 9.97 Å². The standard InChI is InChI=1S/C13H22ClN3/c1-4-6-8-15-9-7-12-11(5-2)13(14)17-10(3)16-12/h15H,4-9H2,1-3H3. The smallest absolute Gasteiger partial charge is 0.136 e. The van der Waals surface area contributed by atoms with E-state index in [9.17, 15) is 0 Å². The van der Waals surface area contributed by atoms with E-state index in [1.54, 1.807) is 0 Å². The summed E-state index contributed by atoms with van der Waals surface area (Å²) in [7, 11) is 0. The highest BCUT2D eigenvalue weighted by molar-refractivity contribution is 6.30. The molecule has 0 aliphatic rings. The first-order valence-corrected chi connectivity index (χ1v) is 6.79. The van der Waals surface area contributed by atoms with Gasteiger partial charge in [0.1, 0.15) is 11.0 Å². The van der Waals surface area contributed by atoms with Gasteiger partial charge in [0.2, 0.25) is 0 Å². The molecule has 1 N–H and O–H groups in total. The van der Waals surface area contributed by atoms with E-state index in [4.69, 9.17) is 11.6 Å². The van der Waals surface area contributed by atoms with E-state index in [2.05, 4.69) is 29.1 Å². The molecule has 4 heteroatoms. The third kappa shape index (κ3) is 4.60. The second kappa shape index (κ2) is 7.62. The Morgan fingerprint density at radius 2 is 1.94 bits per heavy atom. The Morgan fingerprint density at radius 3 is 2.59 bits per heavy atom. The molecule has 1 aromatic heterocycles. The van der Waals surface area contributed by atoms with Gasteiger partial charge in [0, 0.05) is 18.5 Å². The zero-order valence-electron chi connectivity index (χ0n) is 11.0. The molecular weight excluding hydrogens is 234 g/mol. The maximum Gasteiger partial charge on any atom is 0.136 e. The van der Waals surface area contributed by atoms with Gasteiger partial charge in [-0.3, -0.25) is 0 Å². The average molecular weight is 256 g/mol. The van der Waals surface area contributed by atoms with Crippen LogP contribution in [0.3, 0.4) is 0 Å². The fourth-order valence-corrected chi connectivity index (χ4v) is 2.17. The molecule has 0 aliphatic carbocycles. The minimum absolute atomic E-state index is 0.614.